The van der Waals surface area contributed by atoms with Crippen LogP contribution < -0.4 is 10.9 Å². The molecule has 0 bridgehead atoms. The van der Waals surface area contributed by atoms with Gasteiger partial charge in [0, 0.05) is 30.6 Å². The third-order valence-electron chi connectivity index (χ3n) is 4.49. The molecule has 1 heterocycles. The molecule has 132 valence electrons. The second-order valence-electron chi connectivity index (χ2n) is 6.21. The Morgan fingerprint density at radius 2 is 1.96 bits per heavy atom. The van der Waals surface area contributed by atoms with Gasteiger partial charge in [-0.3, -0.25) is 14.2 Å². The van der Waals surface area contributed by atoms with E-state index in [1.165, 1.54) is 29.8 Å². The van der Waals surface area contributed by atoms with E-state index in [1.807, 2.05) is 0 Å². The maximum Gasteiger partial charge on any atom is 0.253 e. The third-order valence-corrected chi connectivity index (χ3v) is 4.49. The molecule has 1 aromatic carbocycles. The number of nitrogens with one attached hydrogen (secondary N) is 1. The van der Waals surface area contributed by atoms with Crippen LogP contribution in [0.1, 0.15) is 47.7 Å². The lowest BCUT2D eigenvalue weighted by atomic mass is 10.0. The summed E-state index contributed by atoms with van der Waals surface area (Å²) in [7, 11) is 0. The molecule has 0 unspecified atom stereocenters. The van der Waals surface area contributed by atoms with Gasteiger partial charge in [-0.25, -0.2) is 13.8 Å². The molecule has 1 aliphatic rings. The highest BCUT2D eigenvalue weighted by Gasteiger charge is 2.19. The summed E-state index contributed by atoms with van der Waals surface area (Å²) in [6.07, 6.45) is 5.98. The van der Waals surface area contributed by atoms with Gasteiger partial charge in [-0.15, -0.1) is 0 Å². The normalized spacial score (nSPS) is 14.6. The van der Waals surface area contributed by atoms with Gasteiger partial charge in [0.05, 0.1) is 12.0 Å². The van der Waals surface area contributed by atoms with Crippen LogP contribution >= 0.6 is 0 Å². The van der Waals surface area contributed by atoms with E-state index in [9.17, 15) is 18.4 Å². The van der Waals surface area contributed by atoms with Crippen LogP contribution in [0.25, 0.3) is 0 Å². The van der Waals surface area contributed by atoms with Crippen LogP contribution in [0.3, 0.4) is 0 Å². The van der Waals surface area contributed by atoms with Crippen molar-refractivity contribution in [3.05, 3.63) is 63.8 Å². The van der Waals surface area contributed by atoms with E-state index in [0.717, 1.165) is 30.7 Å². The summed E-state index contributed by atoms with van der Waals surface area (Å²) in [5.41, 5.74) is 0.713. The summed E-state index contributed by atoms with van der Waals surface area (Å²) in [5, 5.41) is 2.58. The Morgan fingerprint density at radius 3 is 2.64 bits per heavy atom. The van der Waals surface area contributed by atoms with E-state index in [0.29, 0.717) is 5.92 Å². The molecule has 1 saturated carbocycles. The van der Waals surface area contributed by atoms with Crippen LogP contribution in [0, 0.1) is 11.6 Å². The van der Waals surface area contributed by atoms with E-state index in [-0.39, 0.29) is 24.2 Å². The average Bonchev–Trinajstić information content (AvgIpc) is 3.13. The molecule has 0 spiro atoms. The number of carbonyl (C=O) groups is 1. The second-order valence-corrected chi connectivity index (χ2v) is 6.21. The first kappa shape index (κ1) is 17.3. The SMILES string of the molecule is O=C(NCCn1cnc(C2CCCC2)cc1=O)c1ccc(F)c(F)c1. The lowest BCUT2D eigenvalue weighted by Gasteiger charge is -2.11. The fourth-order valence-corrected chi connectivity index (χ4v) is 3.08. The Kier molecular flexibility index (Phi) is 5.21. The molecule has 5 nitrogen and oxygen atoms in total. The van der Waals surface area contributed by atoms with Gasteiger partial charge in [-0.05, 0) is 31.0 Å². The maximum atomic E-state index is 13.1. The average molecular weight is 347 g/mol. The first-order chi connectivity index (χ1) is 12.0. The maximum absolute atomic E-state index is 13.1. The van der Waals surface area contributed by atoms with Gasteiger partial charge in [-0.2, -0.15) is 0 Å². The molecule has 25 heavy (non-hydrogen) atoms. The summed E-state index contributed by atoms with van der Waals surface area (Å²) in [5.74, 6) is -2.23. The quantitative estimate of drug-likeness (QED) is 0.904. The van der Waals surface area contributed by atoms with Gasteiger partial charge in [-0.1, -0.05) is 12.8 Å². The number of carbonyl (C=O) groups excluding carboxylic acids is 1. The molecular formula is C18H19F2N3O2. The van der Waals surface area contributed by atoms with Crippen LogP contribution in [-0.2, 0) is 6.54 Å². The molecule has 1 N–H and O–H groups in total. The predicted molar refractivity (Wildman–Crippen MR) is 88.4 cm³/mol. The fraction of sp³-hybridized carbons (Fsp3) is 0.389. The largest absolute Gasteiger partial charge is 0.350 e. The molecule has 0 aliphatic heterocycles. The van der Waals surface area contributed by atoms with Crippen molar-refractivity contribution in [1.29, 1.82) is 0 Å². The summed E-state index contributed by atoms with van der Waals surface area (Å²) >= 11 is 0. The third kappa shape index (κ3) is 4.10. The number of halogens is 2. The van der Waals surface area contributed by atoms with Crippen molar-refractivity contribution in [2.24, 2.45) is 0 Å². The number of hydrogen-bond donors (Lipinski definition) is 1. The molecule has 1 amide bonds. The van der Waals surface area contributed by atoms with Crippen LogP contribution in [0.4, 0.5) is 8.78 Å². The Hall–Kier alpha value is -2.57. The van der Waals surface area contributed by atoms with Crippen LogP contribution in [0.15, 0.2) is 35.4 Å². The van der Waals surface area contributed by atoms with Crippen LogP contribution in [-0.4, -0.2) is 22.0 Å². The van der Waals surface area contributed by atoms with Crippen molar-refractivity contribution in [2.75, 3.05) is 6.54 Å². The van der Waals surface area contributed by atoms with Gasteiger partial charge in [0.25, 0.3) is 11.5 Å². The van der Waals surface area contributed by atoms with E-state index in [2.05, 4.69) is 10.3 Å². The molecule has 1 aromatic heterocycles. The number of rotatable bonds is 5. The van der Waals surface area contributed by atoms with Crippen molar-refractivity contribution in [3.63, 3.8) is 0 Å². The fourth-order valence-electron chi connectivity index (χ4n) is 3.08. The van der Waals surface area contributed by atoms with E-state index in [1.54, 1.807) is 6.07 Å². The standard InChI is InChI=1S/C18H19F2N3O2/c19-14-6-5-13(9-15(14)20)18(25)21-7-8-23-11-22-16(10-17(23)24)12-3-1-2-4-12/h5-6,9-12H,1-4,7-8H2,(H,21,25). The lowest BCUT2D eigenvalue weighted by molar-refractivity contribution is 0.0951. The molecule has 2 aromatic rings. The number of hydrogen-bond acceptors (Lipinski definition) is 3. The smallest absolute Gasteiger partial charge is 0.253 e. The zero-order chi connectivity index (χ0) is 17.8. The van der Waals surface area contributed by atoms with Gasteiger partial charge in [0.1, 0.15) is 0 Å². The van der Waals surface area contributed by atoms with Gasteiger partial charge in [0.15, 0.2) is 11.6 Å². The second kappa shape index (κ2) is 7.55. The number of aromatic nitrogens is 2. The Balaban J connectivity index is 1.57. The van der Waals surface area contributed by atoms with E-state index >= 15 is 0 Å². The van der Waals surface area contributed by atoms with Crippen LogP contribution in [0.5, 0.6) is 0 Å². The molecule has 3 rings (SSSR count). The zero-order valence-electron chi connectivity index (χ0n) is 13.7. The molecule has 0 saturated heterocycles. The minimum Gasteiger partial charge on any atom is -0.350 e. The van der Waals surface area contributed by atoms with E-state index < -0.39 is 17.5 Å². The highest BCUT2D eigenvalue weighted by Crippen LogP contribution is 2.32. The zero-order valence-corrected chi connectivity index (χ0v) is 13.7. The summed E-state index contributed by atoms with van der Waals surface area (Å²) in [4.78, 5) is 28.4. The van der Waals surface area contributed by atoms with Gasteiger partial charge in [0.2, 0.25) is 0 Å². The molecule has 0 atom stereocenters. The van der Waals surface area contributed by atoms with E-state index in [4.69, 9.17) is 0 Å². The van der Waals surface area contributed by atoms with Gasteiger partial charge < -0.3 is 5.32 Å². The molecule has 1 aliphatic carbocycles. The highest BCUT2D eigenvalue weighted by molar-refractivity contribution is 5.94. The molecule has 1 fully saturated rings. The monoisotopic (exact) mass is 347 g/mol. The Labute approximate surface area is 143 Å². The topological polar surface area (TPSA) is 64.0 Å². The van der Waals surface area contributed by atoms with Crippen molar-refractivity contribution < 1.29 is 13.6 Å². The van der Waals surface area contributed by atoms with Crippen molar-refractivity contribution in [2.45, 2.75) is 38.1 Å². The van der Waals surface area contributed by atoms with Crippen LogP contribution in [0.2, 0.25) is 0 Å². The number of amides is 1. The first-order valence-electron chi connectivity index (χ1n) is 8.34. The number of benzene rings is 1. The molecule has 0 radical (unpaired) electrons. The summed E-state index contributed by atoms with van der Waals surface area (Å²) < 4.78 is 27.4. The Morgan fingerprint density at radius 1 is 1.20 bits per heavy atom. The van der Waals surface area contributed by atoms with Crippen molar-refractivity contribution >= 4 is 5.91 Å². The number of nitrogens with zero attached hydrogens (tertiary/aromatic N) is 2. The summed E-state index contributed by atoms with van der Waals surface area (Å²) in [6.45, 7) is 0.439. The van der Waals surface area contributed by atoms with Crippen molar-refractivity contribution in [3.8, 4) is 0 Å². The highest BCUT2D eigenvalue weighted by atomic mass is 19.2. The molecule has 7 heteroatoms. The predicted octanol–water partition coefficient (Wildman–Crippen LogP) is 2.61. The molecular weight excluding hydrogens is 328 g/mol. The van der Waals surface area contributed by atoms with Gasteiger partial charge >= 0.3 is 0 Å². The lowest BCUT2D eigenvalue weighted by Crippen LogP contribution is -2.31. The minimum atomic E-state index is -1.07. The van der Waals surface area contributed by atoms with Crippen molar-refractivity contribution in [1.82, 2.24) is 14.9 Å². The Bertz CT molecular complexity index is 829. The first-order valence-corrected chi connectivity index (χ1v) is 8.34. The summed E-state index contributed by atoms with van der Waals surface area (Å²) in [6, 6.07) is 4.51. The minimum absolute atomic E-state index is 0.0287.